The molecular formula is C22H24N2O2. The fraction of sp³-hybridized carbons (Fsp3) is 0.273. The third-order valence-corrected chi connectivity index (χ3v) is 4.81. The normalized spacial score (nSPS) is 10.9. The van der Waals surface area contributed by atoms with E-state index in [1.165, 1.54) is 5.56 Å². The maximum atomic E-state index is 12.5. The van der Waals surface area contributed by atoms with Gasteiger partial charge in [-0.1, -0.05) is 25.1 Å². The SMILES string of the molecule is CCC(=O)N(Cc1cc2ccc(C)cc2[nH]c1=O)c1ccc(C)c(C)c1. The first-order chi connectivity index (χ1) is 12.4. The number of anilines is 1. The molecule has 0 bridgehead atoms. The van der Waals surface area contributed by atoms with E-state index in [1.807, 2.05) is 70.2 Å². The van der Waals surface area contributed by atoms with Gasteiger partial charge in [-0.3, -0.25) is 9.59 Å². The molecular weight excluding hydrogens is 324 g/mol. The predicted octanol–water partition coefficient (Wildman–Crippen LogP) is 4.40. The van der Waals surface area contributed by atoms with E-state index in [1.54, 1.807) is 4.90 Å². The van der Waals surface area contributed by atoms with Gasteiger partial charge in [0.05, 0.1) is 6.54 Å². The van der Waals surface area contributed by atoms with Gasteiger partial charge in [-0.2, -0.15) is 0 Å². The number of H-pyrrole nitrogens is 1. The summed E-state index contributed by atoms with van der Waals surface area (Å²) in [6, 6.07) is 13.8. The van der Waals surface area contributed by atoms with Crippen molar-refractivity contribution in [1.29, 1.82) is 0 Å². The summed E-state index contributed by atoms with van der Waals surface area (Å²) in [5, 5.41) is 0.967. The molecule has 4 nitrogen and oxygen atoms in total. The molecule has 0 aliphatic carbocycles. The Morgan fingerprint density at radius 2 is 1.77 bits per heavy atom. The summed E-state index contributed by atoms with van der Waals surface area (Å²) in [4.78, 5) is 29.7. The summed E-state index contributed by atoms with van der Waals surface area (Å²) < 4.78 is 0. The van der Waals surface area contributed by atoms with Crippen LogP contribution in [0.2, 0.25) is 0 Å². The molecule has 3 aromatic rings. The number of nitrogens with zero attached hydrogens (tertiary/aromatic N) is 1. The lowest BCUT2D eigenvalue weighted by molar-refractivity contribution is -0.118. The first-order valence-corrected chi connectivity index (χ1v) is 8.89. The Bertz CT molecular complexity index is 1030. The number of pyridine rings is 1. The number of carbonyl (C=O) groups is 1. The van der Waals surface area contributed by atoms with E-state index in [0.717, 1.165) is 27.7 Å². The molecule has 1 amide bonds. The lowest BCUT2D eigenvalue weighted by Gasteiger charge is -2.23. The van der Waals surface area contributed by atoms with Gasteiger partial charge >= 0.3 is 0 Å². The number of hydrogen-bond donors (Lipinski definition) is 1. The number of rotatable bonds is 4. The van der Waals surface area contributed by atoms with Crippen LogP contribution < -0.4 is 10.5 Å². The molecule has 0 fully saturated rings. The zero-order valence-corrected chi connectivity index (χ0v) is 15.7. The number of fused-ring (bicyclic) bond motifs is 1. The quantitative estimate of drug-likeness (QED) is 0.760. The number of carbonyl (C=O) groups excluding carboxylic acids is 1. The second-order valence-electron chi connectivity index (χ2n) is 6.82. The predicted molar refractivity (Wildman–Crippen MR) is 107 cm³/mol. The molecule has 134 valence electrons. The number of aryl methyl sites for hydroxylation is 3. The van der Waals surface area contributed by atoms with Crippen LogP contribution in [0.25, 0.3) is 10.9 Å². The Hall–Kier alpha value is -2.88. The van der Waals surface area contributed by atoms with E-state index < -0.39 is 0 Å². The zero-order chi connectivity index (χ0) is 18.8. The highest BCUT2D eigenvalue weighted by molar-refractivity contribution is 5.93. The van der Waals surface area contributed by atoms with Crippen molar-refractivity contribution in [3.63, 3.8) is 0 Å². The van der Waals surface area contributed by atoms with Crippen LogP contribution in [-0.2, 0) is 11.3 Å². The topological polar surface area (TPSA) is 53.2 Å². The molecule has 0 aliphatic heterocycles. The van der Waals surface area contributed by atoms with Crippen molar-refractivity contribution in [1.82, 2.24) is 4.98 Å². The van der Waals surface area contributed by atoms with Crippen molar-refractivity contribution < 1.29 is 4.79 Å². The summed E-state index contributed by atoms with van der Waals surface area (Å²) in [5.74, 6) is -0.00310. The van der Waals surface area contributed by atoms with Crippen molar-refractivity contribution in [2.24, 2.45) is 0 Å². The van der Waals surface area contributed by atoms with Gasteiger partial charge in [-0.05, 0) is 67.1 Å². The standard InChI is InChI=1S/C22H24N2O2/c1-5-21(25)24(19-9-7-15(3)16(4)11-19)13-18-12-17-8-6-14(2)10-20(17)23-22(18)26/h6-12H,5,13H2,1-4H3,(H,23,26). The fourth-order valence-corrected chi connectivity index (χ4v) is 3.06. The van der Waals surface area contributed by atoms with Gasteiger partial charge in [-0.25, -0.2) is 0 Å². The Kier molecular flexibility index (Phi) is 4.94. The number of nitrogens with one attached hydrogen (secondary N) is 1. The highest BCUT2D eigenvalue weighted by Crippen LogP contribution is 2.22. The van der Waals surface area contributed by atoms with Crippen LogP contribution in [0, 0.1) is 20.8 Å². The Labute approximate surface area is 153 Å². The molecule has 0 radical (unpaired) electrons. The van der Waals surface area contributed by atoms with Crippen molar-refractivity contribution in [2.75, 3.05) is 4.90 Å². The Morgan fingerprint density at radius 3 is 2.46 bits per heavy atom. The maximum absolute atomic E-state index is 12.5. The first-order valence-electron chi connectivity index (χ1n) is 8.89. The van der Waals surface area contributed by atoms with Gasteiger partial charge in [0.25, 0.3) is 5.56 Å². The fourth-order valence-electron chi connectivity index (χ4n) is 3.06. The lowest BCUT2D eigenvalue weighted by atomic mass is 10.1. The van der Waals surface area contributed by atoms with Crippen molar-refractivity contribution >= 4 is 22.5 Å². The monoisotopic (exact) mass is 348 g/mol. The van der Waals surface area contributed by atoms with E-state index in [-0.39, 0.29) is 18.0 Å². The van der Waals surface area contributed by atoms with Crippen LogP contribution in [-0.4, -0.2) is 10.9 Å². The first kappa shape index (κ1) is 17.9. The van der Waals surface area contributed by atoms with E-state index in [4.69, 9.17) is 0 Å². The molecule has 4 heteroatoms. The van der Waals surface area contributed by atoms with Gasteiger partial charge in [0, 0.05) is 23.2 Å². The average Bonchev–Trinajstić information content (AvgIpc) is 2.61. The third-order valence-electron chi connectivity index (χ3n) is 4.81. The molecule has 0 atom stereocenters. The number of aromatic nitrogens is 1. The Morgan fingerprint density at radius 1 is 1.00 bits per heavy atom. The number of aromatic amines is 1. The summed E-state index contributed by atoms with van der Waals surface area (Å²) in [6.45, 7) is 8.16. The van der Waals surface area contributed by atoms with Crippen molar-refractivity contribution in [3.05, 3.63) is 75.1 Å². The largest absolute Gasteiger partial charge is 0.322 e. The van der Waals surface area contributed by atoms with Gasteiger partial charge in [-0.15, -0.1) is 0 Å². The summed E-state index contributed by atoms with van der Waals surface area (Å²) in [5.41, 5.74) is 5.47. The van der Waals surface area contributed by atoms with Crippen LogP contribution in [0.15, 0.2) is 47.3 Å². The van der Waals surface area contributed by atoms with E-state index >= 15 is 0 Å². The molecule has 26 heavy (non-hydrogen) atoms. The van der Waals surface area contributed by atoms with Gasteiger partial charge in [0.1, 0.15) is 0 Å². The molecule has 2 aromatic carbocycles. The lowest BCUT2D eigenvalue weighted by Crippen LogP contribution is -2.32. The molecule has 0 unspecified atom stereocenters. The van der Waals surface area contributed by atoms with Gasteiger partial charge < -0.3 is 9.88 Å². The van der Waals surface area contributed by atoms with Crippen LogP contribution >= 0.6 is 0 Å². The number of benzene rings is 2. The Balaban J connectivity index is 2.04. The minimum atomic E-state index is -0.152. The molecule has 1 aromatic heterocycles. The molecule has 0 spiro atoms. The smallest absolute Gasteiger partial charge is 0.253 e. The summed E-state index contributed by atoms with van der Waals surface area (Å²) in [7, 11) is 0. The molecule has 0 saturated heterocycles. The minimum absolute atomic E-state index is 0.00310. The molecule has 3 rings (SSSR count). The highest BCUT2D eigenvalue weighted by Gasteiger charge is 2.17. The van der Waals surface area contributed by atoms with E-state index in [2.05, 4.69) is 4.98 Å². The third kappa shape index (κ3) is 3.54. The summed E-state index contributed by atoms with van der Waals surface area (Å²) in [6.07, 6.45) is 0.387. The maximum Gasteiger partial charge on any atom is 0.253 e. The number of amides is 1. The van der Waals surface area contributed by atoms with Crippen LogP contribution in [0.4, 0.5) is 5.69 Å². The van der Waals surface area contributed by atoms with Crippen molar-refractivity contribution in [3.8, 4) is 0 Å². The molecule has 1 heterocycles. The zero-order valence-electron chi connectivity index (χ0n) is 15.7. The molecule has 0 aliphatic rings. The highest BCUT2D eigenvalue weighted by atomic mass is 16.2. The number of hydrogen-bond acceptors (Lipinski definition) is 2. The van der Waals surface area contributed by atoms with Gasteiger partial charge in [0.15, 0.2) is 0 Å². The minimum Gasteiger partial charge on any atom is -0.322 e. The van der Waals surface area contributed by atoms with E-state index in [0.29, 0.717) is 12.0 Å². The van der Waals surface area contributed by atoms with Crippen LogP contribution in [0.1, 0.15) is 35.6 Å². The molecule has 1 N–H and O–H groups in total. The second kappa shape index (κ2) is 7.16. The second-order valence-corrected chi connectivity index (χ2v) is 6.82. The molecule has 0 saturated carbocycles. The van der Waals surface area contributed by atoms with Gasteiger partial charge in [0.2, 0.25) is 5.91 Å². The van der Waals surface area contributed by atoms with Crippen LogP contribution in [0.3, 0.4) is 0 Å². The van der Waals surface area contributed by atoms with Crippen molar-refractivity contribution in [2.45, 2.75) is 40.7 Å². The average molecular weight is 348 g/mol. The summed E-state index contributed by atoms with van der Waals surface area (Å²) >= 11 is 0. The van der Waals surface area contributed by atoms with Crippen LogP contribution in [0.5, 0.6) is 0 Å². The van der Waals surface area contributed by atoms with E-state index in [9.17, 15) is 9.59 Å².